The van der Waals surface area contributed by atoms with Crippen molar-refractivity contribution < 1.29 is 4.68 Å². The molecule has 142 valence electrons. The molecule has 2 nitrogen and oxygen atoms in total. The molecule has 0 unspecified atom stereocenters. The van der Waals surface area contributed by atoms with Gasteiger partial charge in [-0.15, -0.1) is 9.36 Å². The first kappa shape index (κ1) is 19.4. The van der Waals surface area contributed by atoms with Gasteiger partial charge in [0.1, 0.15) is 11.4 Å². The number of rotatable bonds is 5. The summed E-state index contributed by atoms with van der Waals surface area (Å²) in [6.45, 7) is 15.9. The monoisotopic (exact) mass is 361 g/mol. The number of aryl methyl sites for hydroxylation is 1. The average molecular weight is 362 g/mol. The Morgan fingerprint density at radius 3 is 1.85 bits per heavy atom. The number of hydrogen-bond acceptors (Lipinski definition) is 0. The molecule has 1 heterocycles. The van der Waals surface area contributed by atoms with E-state index < -0.39 is 0 Å². The largest absolute Gasteiger partial charge is 0.197 e. The van der Waals surface area contributed by atoms with Gasteiger partial charge in [0.2, 0.25) is 0 Å². The lowest BCUT2D eigenvalue weighted by Gasteiger charge is -2.20. The molecule has 2 aromatic carbocycles. The molecule has 27 heavy (non-hydrogen) atoms. The molecule has 0 aliphatic heterocycles. The van der Waals surface area contributed by atoms with Gasteiger partial charge in [0, 0.05) is 11.6 Å². The van der Waals surface area contributed by atoms with Crippen molar-refractivity contribution in [2.24, 2.45) is 0 Å². The van der Waals surface area contributed by atoms with E-state index >= 15 is 0 Å². The van der Waals surface area contributed by atoms with E-state index in [-0.39, 0.29) is 0 Å². The minimum atomic E-state index is 0.382. The van der Waals surface area contributed by atoms with Gasteiger partial charge in [-0.25, -0.2) is 0 Å². The highest BCUT2D eigenvalue weighted by Gasteiger charge is 2.26. The zero-order chi connectivity index (χ0) is 19.7. The predicted octanol–water partition coefficient (Wildman–Crippen LogP) is 6.57. The first-order valence-electron chi connectivity index (χ1n) is 10.1. The first-order chi connectivity index (χ1) is 12.8. The summed E-state index contributed by atoms with van der Waals surface area (Å²) in [6, 6.07) is 18.1. The van der Waals surface area contributed by atoms with Crippen molar-refractivity contribution in [3.8, 4) is 16.9 Å². The summed E-state index contributed by atoms with van der Waals surface area (Å²) in [6.07, 6.45) is 2.23. The highest BCUT2D eigenvalue weighted by Crippen LogP contribution is 2.37. The van der Waals surface area contributed by atoms with Crippen LogP contribution in [-0.4, -0.2) is 4.68 Å². The van der Waals surface area contributed by atoms with E-state index in [1.54, 1.807) is 0 Å². The molecule has 0 radical (unpaired) electrons. The van der Waals surface area contributed by atoms with E-state index in [9.17, 15) is 0 Å². The minimum Gasteiger partial charge on any atom is -0.120 e. The maximum absolute atomic E-state index is 2.41. The van der Waals surface area contributed by atoms with Crippen molar-refractivity contribution in [3.05, 3.63) is 71.4 Å². The van der Waals surface area contributed by atoms with E-state index in [2.05, 4.69) is 113 Å². The zero-order valence-corrected chi connectivity index (χ0v) is 17.8. The molecular formula is C25H33N2+. The molecule has 0 saturated carbocycles. The fourth-order valence-corrected chi connectivity index (χ4v) is 3.90. The van der Waals surface area contributed by atoms with Crippen molar-refractivity contribution in [1.29, 1.82) is 0 Å². The Labute approximate surface area is 164 Å². The third-order valence-electron chi connectivity index (χ3n) is 5.35. The van der Waals surface area contributed by atoms with E-state index in [1.807, 2.05) is 0 Å². The summed E-state index contributed by atoms with van der Waals surface area (Å²) in [5.74, 6) is 0.956. The van der Waals surface area contributed by atoms with Crippen LogP contribution in [0, 0.1) is 6.92 Å². The standard InChI is InChI=1S/C25H33N2/c1-17(2)21-12-10-13-22(18(3)4)25(21)24-15-16-26(19(5)6)27(24)23-14-9-8-11-20(23)7/h8-19H,1-7H3/q+1. The number of benzene rings is 2. The van der Waals surface area contributed by atoms with Crippen LogP contribution in [0.3, 0.4) is 0 Å². The first-order valence-corrected chi connectivity index (χ1v) is 10.1. The van der Waals surface area contributed by atoms with Crippen LogP contribution in [0.4, 0.5) is 0 Å². The van der Waals surface area contributed by atoms with E-state index in [0.717, 1.165) is 0 Å². The minimum absolute atomic E-state index is 0.382. The third-order valence-corrected chi connectivity index (χ3v) is 5.35. The highest BCUT2D eigenvalue weighted by molar-refractivity contribution is 5.71. The second-order valence-corrected chi connectivity index (χ2v) is 8.39. The Morgan fingerprint density at radius 1 is 0.741 bits per heavy atom. The van der Waals surface area contributed by atoms with Crippen LogP contribution >= 0.6 is 0 Å². The van der Waals surface area contributed by atoms with Gasteiger partial charge >= 0.3 is 0 Å². The van der Waals surface area contributed by atoms with Crippen LogP contribution in [0.5, 0.6) is 0 Å². The summed E-state index contributed by atoms with van der Waals surface area (Å²) in [7, 11) is 0. The van der Waals surface area contributed by atoms with Gasteiger partial charge in [0.15, 0.2) is 12.2 Å². The number of hydrogen-bond donors (Lipinski definition) is 0. The third kappa shape index (κ3) is 3.58. The van der Waals surface area contributed by atoms with Gasteiger partial charge in [-0.3, -0.25) is 0 Å². The Bertz CT molecular complexity index is 903. The lowest BCUT2D eigenvalue weighted by atomic mass is 9.87. The van der Waals surface area contributed by atoms with Gasteiger partial charge in [-0.1, -0.05) is 64.1 Å². The SMILES string of the molecule is Cc1ccccc1-n1c(-c2c(C(C)C)cccc2C(C)C)cc[n+]1C(C)C. The van der Waals surface area contributed by atoms with Crippen molar-refractivity contribution in [2.45, 2.75) is 66.3 Å². The molecule has 0 spiro atoms. The maximum Gasteiger partial charge on any atom is 0.197 e. The molecule has 0 N–H and O–H groups in total. The highest BCUT2D eigenvalue weighted by atomic mass is 15.4. The number of nitrogens with zero attached hydrogens (tertiary/aromatic N) is 2. The summed E-state index contributed by atoms with van der Waals surface area (Å²) < 4.78 is 4.76. The molecule has 0 fully saturated rings. The fraction of sp³-hybridized carbons (Fsp3) is 0.400. The Balaban J connectivity index is 2.40. The van der Waals surface area contributed by atoms with E-state index in [0.29, 0.717) is 17.9 Å². The molecule has 0 bridgehead atoms. The Hall–Kier alpha value is -2.35. The molecule has 0 aliphatic rings. The lowest BCUT2D eigenvalue weighted by molar-refractivity contribution is -0.783. The van der Waals surface area contributed by atoms with Crippen molar-refractivity contribution >= 4 is 0 Å². The summed E-state index contributed by atoms with van der Waals surface area (Å²) in [5.41, 5.74) is 8.06. The number of para-hydroxylation sites is 1. The molecular weight excluding hydrogens is 328 g/mol. The van der Waals surface area contributed by atoms with Gasteiger partial charge in [0.25, 0.3) is 0 Å². The normalized spacial score (nSPS) is 11.8. The molecule has 2 heteroatoms. The van der Waals surface area contributed by atoms with Crippen molar-refractivity contribution in [2.75, 3.05) is 0 Å². The Kier molecular flexibility index (Phi) is 5.55. The van der Waals surface area contributed by atoms with Gasteiger partial charge < -0.3 is 0 Å². The average Bonchev–Trinajstić information content (AvgIpc) is 3.06. The lowest BCUT2D eigenvalue weighted by Crippen LogP contribution is -2.44. The van der Waals surface area contributed by atoms with Crippen LogP contribution in [0.2, 0.25) is 0 Å². The predicted molar refractivity (Wildman–Crippen MR) is 115 cm³/mol. The van der Waals surface area contributed by atoms with Crippen LogP contribution in [0.25, 0.3) is 16.9 Å². The summed E-state index contributed by atoms with van der Waals surface area (Å²) in [5, 5.41) is 0. The molecule has 3 rings (SSSR count). The zero-order valence-electron chi connectivity index (χ0n) is 17.8. The number of aromatic nitrogens is 2. The van der Waals surface area contributed by atoms with Crippen molar-refractivity contribution in [3.63, 3.8) is 0 Å². The topological polar surface area (TPSA) is 8.81 Å². The van der Waals surface area contributed by atoms with Crippen molar-refractivity contribution in [1.82, 2.24) is 4.68 Å². The molecule has 0 aliphatic carbocycles. The second-order valence-electron chi connectivity index (χ2n) is 8.39. The van der Waals surface area contributed by atoms with Crippen LogP contribution in [-0.2, 0) is 0 Å². The molecule has 3 aromatic rings. The fourth-order valence-electron chi connectivity index (χ4n) is 3.90. The smallest absolute Gasteiger partial charge is 0.120 e. The second kappa shape index (κ2) is 7.72. The maximum atomic E-state index is 2.41. The van der Waals surface area contributed by atoms with Gasteiger partial charge in [0.05, 0.1) is 0 Å². The van der Waals surface area contributed by atoms with E-state index in [4.69, 9.17) is 0 Å². The summed E-state index contributed by atoms with van der Waals surface area (Å²) >= 11 is 0. The van der Waals surface area contributed by atoms with Crippen LogP contribution in [0.1, 0.15) is 76.1 Å². The summed E-state index contributed by atoms with van der Waals surface area (Å²) in [4.78, 5) is 0. The molecule has 0 saturated heterocycles. The molecule has 1 aromatic heterocycles. The molecule has 0 amide bonds. The van der Waals surface area contributed by atoms with Gasteiger partial charge in [-0.2, -0.15) is 0 Å². The van der Waals surface area contributed by atoms with E-state index in [1.165, 1.54) is 33.6 Å². The quantitative estimate of drug-likeness (QED) is 0.455. The molecule has 0 atom stereocenters. The van der Waals surface area contributed by atoms with Gasteiger partial charge in [-0.05, 0) is 55.4 Å². The Morgan fingerprint density at radius 2 is 1.33 bits per heavy atom. The van der Waals surface area contributed by atoms with Crippen LogP contribution in [0.15, 0.2) is 54.7 Å². The van der Waals surface area contributed by atoms with Crippen LogP contribution < -0.4 is 4.68 Å².